The minimum absolute atomic E-state index is 0.127. The molecule has 7 nitrogen and oxygen atoms in total. The van der Waals surface area contributed by atoms with Crippen molar-refractivity contribution >= 4 is 12.1 Å². The van der Waals surface area contributed by atoms with Gasteiger partial charge in [0, 0.05) is 13.8 Å². The van der Waals surface area contributed by atoms with Gasteiger partial charge in [-0.25, -0.2) is 9.59 Å². The van der Waals surface area contributed by atoms with E-state index in [0.717, 1.165) is 25.5 Å². The highest BCUT2D eigenvalue weighted by Crippen LogP contribution is 2.14. The Morgan fingerprint density at radius 1 is 1.20 bits per heavy atom. The highest BCUT2D eigenvalue weighted by Gasteiger charge is 2.28. The Kier molecular flexibility index (Phi) is 8.38. The van der Waals surface area contributed by atoms with Crippen LogP contribution >= 0.6 is 0 Å². The van der Waals surface area contributed by atoms with Crippen molar-refractivity contribution in [3.05, 3.63) is 11.8 Å². The second-order valence-electron chi connectivity index (χ2n) is 4.58. The summed E-state index contributed by atoms with van der Waals surface area (Å²) >= 11 is 0. The predicted octanol–water partition coefficient (Wildman–Crippen LogP) is 3.00. The van der Waals surface area contributed by atoms with Crippen LogP contribution in [0, 0.1) is 0 Å². The number of hydrogen-bond donors (Lipinski definition) is 1. The van der Waals surface area contributed by atoms with Crippen LogP contribution in [0.2, 0.25) is 0 Å². The van der Waals surface area contributed by atoms with E-state index in [1.54, 1.807) is 0 Å². The molecule has 116 valence electrons. The second kappa shape index (κ2) is 9.19. The first kappa shape index (κ1) is 18.2. The average molecular weight is 290 g/mol. The molecule has 0 bridgehead atoms. The van der Waals surface area contributed by atoms with E-state index in [4.69, 9.17) is 19.6 Å². The van der Waals surface area contributed by atoms with Crippen LogP contribution in [0.25, 0.3) is 0 Å². The van der Waals surface area contributed by atoms with Crippen LogP contribution in [-0.4, -0.2) is 29.6 Å². The maximum absolute atomic E-state index is 11.6. The highest BCUT2D eigenvalue weighted by atomic mass is 17.2. The third kappa shape index (κ3) is 9.21. The lowest BCUT2D eigenvalue weighted by Crippen LogP contribution is -2.33. The average Bonchev–Trinajstić information content (AvgIpc) is 2.30. The number of carboxylic acid groups (broad SMARTS) is 1. The van der Waals surface area contributed by atoms with E-state index in [1.807, 2.05) is 0 Å². The molecule has 20 heavy (non-hydrogen) atoms. The van der Waals surface area contributed by atoms with Gasteiger partial charge in [-0.15, -0.1) is 0 Å². The molecule has 0 aliphatic carbocycles. The molecule has 0 heterocycles. The zero-order valence-corrected chi connectivity index (χ0v) is 12.3. The van der Waals surface area contributed by atoms with Crippen molar-refractivity contribution in [2.45, 2.75) is 52.7 Å². The Balaban J connectivity index is 4.10. The molecular formula is C13H22O7. The van der Waals surface area contributed by atoms with E-state index in [2.05, 4.69) is 11.7 Å². The SMILES string of the molecule is CCCCCOOC=C(C)C(=O)OC(C)(C)OC(=O)O. The minimum atomic E-state index is -1.57. The number of carbonyl (C=O) groups excluding carboxylic acids is 1. The topological polar surface area (TPSA) is 91.3 Å². The summed E-state index contributed by atoms with van der Waals surface area (Å²) < 4.78 is 9.26. The third-order valence-electron chi connectivity index (χ3n) is 2.12. The lowest BCUT2D eigenvalue weighted by Gasteiger charge is -2.23. The zero-order valence-electron chi connectivity index (χ0n) is 12.3. The number of rotatable bonds is 9. The first-order valence-electron chi connectivity index (χ1n) is 6.39. The number of unbranched alkanes of at least 4 members (excludes halogenated alkanes) is 2. The molecule has 0 atom stereocenters. The smallest absolute Gasteiger partial charge is 0.450 e. The van der Waals surface area contributed by atoms with Gasteiger partial charge in [-0.3, -0.25) is 0 Å². The molecule has 0 saturated carbocycles. The summed E-state index contributed by atoms with van der Waals surface area (Å²) in [5.41, 5.74) is 0.127. The fourth-order valence-electron chi connectivity index (χ4n) is 1.15. The predicted molar refractivity (Wildman–Crippen MR) is 69.6 cm³/mol. The molecule has 0 amide bonds. The highest BCUT2D eigenvalue weighted by molar-refractivity contribution is 5.87. The summed E-state index contributed by atoms with van der Waals surface area (Å²) in [6, 6.07) is 0. The summed E-state index contributed by atoms with van der Waals surface area (Å²) in [4.78, 5) is 31.6. The van der Waals surface area contributed by atoms with Gasteiger partial charge in [-0.1, -0.05) is 19.8 Å². The second-order valence-corrected chi connectivity index (χ2v) is 4.58. The Morgan fingerprint density at radius 2 is 1.85 bits per heavy atom. The van der Waals surface area contributed by atoms with Gasteiger partial charge in [-0.2, -0.15) is 4.89 Å². The number of esters is 1. The number of ether oxygens (including phenoxy) is 2. The van der Waals surface area contributed by atoms with E-state index in [9.17, 15) is 9.59 Å². The van der Waals surface area contributed by atoms with Crippen molar-refractivity contribution in [1.82, 2.24) is 0 Å². The van der Waals surface area contributed by atoms with Gasteiger partial charge >= 0.3 is 12.1 Å². The van der Waals surface area contributed by atoms with Gasteiger partial charge in [0.25, 0.3) is 5.79 Å². The van der Waals surface area contributed by atoms with Gasteiger partial charge < -0.3 is 19.5 Å². The van der Waals surface area contributed by atoms with Crippen LogP contribution in [0.15, 0.2) is 11.8 Å². The molecule has 0 aliphatic heterocycles. The largest absolute Gasteiger partial charge is 0.509 e. The molecule has 0 radical (unpaired) electrons. The van der Waals surface area contributed by atoms with Crippen LogP contribution in [0.3, 0.4) is 0 Å². The molecule has 0 saturated heterocycles. The summed E-state index contributed by atoms with van der Waals surface area (Å²) in [6.45, 7) is 6.58. The van der Waals surface area contributed by atoms with E-state index in [0.29, 0.717) is 6.61 Å². The van der Waals surface area contributed by atoms with Gasteiger partial charge in [0.2, 0.25) is 0 Å². The van der Waals surface area contributed by atoms with Gasteiger partial charge in [-0.05, 0) is 13.3 Å². The monoisotopic (exact) mass is 290 g/mol. The summed E-state index contributed by atoms with van der Waals surface area (Å²) in [7, 11) is 0. The van der Waals surface area contributed by atoms with Gasteiger partial charge in [0.15, 0.2) is 0 Å². The summed E-state index contributed by atoms with van der Waals surface area (Å²) in [5.74, 6) is -2.33. The molecular weight excluding hydrogens is 268 g/mol. The Hall–Kier alpha value is -1.76. The molecule has 7 heteroatoms. The lowest BCUT2D eigenvalue weighted by atomic mass is 10.3. The van der Waals surface area contributed by atoms with Crippen LogP contribution in [0.4, 0.5) is 4.79 Å². The lowest BCUT2D eigenvalue weighted by molar-refractivity contribution is -0.250. The molecule has 0 aromatic heterocycles. The van der Waals surface area contributed by atoms with E-state index in [1.165, 1.54) is 20.8 Å². The summed E-state index contributed by atoms with van der Waals surface area (Å²) in [5, 5.41) is 8.47. The van der Waals surface area contributed by atoms with Crippen molar-refractivity contribution in [3.63, 3.8) is 0 Å². The third-order valence-corrected chi connectivity index (χ3v) is 2.12. The molecule has 0 unspecified atom stereocenters. The quantitative estimate of drug-likeness (QED) is 0.133. The van der Waals surface area contributed by atoms with Crippen molar-refractivity contribution in [3.8, 4) is 0 Å². The van der Waals surface area contributed by atoms with Crippen molar-refractivity contribution in [1.29, 1.82) is 0 Å². The molecule has 0 aliphatic rings. The van der Waals surface area contributed by atoms with Crippen LogP contribution in [-0.2, 0) is 24.0 Å². The van der Waals surface area contributed by atoms with Crippen LogP contribution in [0.5, 0.6) is 0 Å². The Morgan fingerprint density at radius 3 is 2.40 bits per heavy atom. The first-order chi connectivity index (χ1) is 9.28. The molecule has 0 aromatic rings. The van der Waals surface area contributed by atoms with Crippen molar-refractivity contribution in [2.75, 3.05) is 6.61 Å². The zero-order chi connectivity index (χ0) is 15.6. The molecule has 0 aromatic carbocycles. The first-order valence-corrected chi connectivity index (χ1v) is 6.39. The maximum Gasteiger partial charge on any atom is 0.509 e. The normalized spacial score (nSPS) is 11.9. The molecule has 0 rings (SSSR count). The number of hydrogen-bond acceptors (Lipinski definition) is 6. The molecule has 0 fully saturated rings. The summed E-state index contributed by atoms with van der Waals surface area (Å²) in [6.07, 6.45) is 2.55. The van der Waals surface area contributed by atoms with E-state index >= 15 is 0 Å². The maximum atomic E-state index is 11.6. The standard InChI is InChI=1S/C13H22O7/c1-5-6-7-8-17-18-9-10(2)11(14)19-13(3,4)20-12(15)16/h9H,5-8H2,1-4H3,(H,15,16). The number of carbonyl (C=O) groups is 2. The molecule has 0 spiro atoms. The fraction of sp³-hybridized carbons (Fsp3) is 0.692. The Labute approximate surface area is 118 Å². The van der Waals surface area contributed by atoms with Crippen molar-refractivity contribution < 1.29 is 33.9 Å². The fourth-order valence-corrected chi connectivity index (χ4v) is 1.15. The van der Waals surface area contributed by atoms with Gasteiger partial charge in [0.05, 0.1) is 12.2 Å². The minimum Gasteiger partial charge on any atom is -0.450 e. The van der Waals surface area contributed by atoms with E-state index in [-0.39, 0.29) is 5.57 Å². The Bertz CT molecular complexity index is 347. The van der Waals surface area contributed by atoms with Gasteiger partial charge in [0.1, 0.15) is 6.26 Å². The van der Waals surface area contributed by atoms with Crippen molar-refractivity contribution in [2.24, 2.45) is 0 Å². The van der Waals surface area contributed by atoms with Crippen LogP contribution in [0.1, 0.15) is 47.0 Å². The molecule has 1 N–H and O–H groups in total. The van der Waals surface area contributed by atoms with Crippen LogP contribution < -0.4 is 0 Å². The van der Waals surface area contributed by atoms with E-state index < -0.39 is 17.9 Å².